The van der Waals surface area contributed by atoms with E-state index in [1.54, 1.807) is 12.1 Å². The van der Waals surface area contributed by atoms with Crippen LogP contribution in [0.3, 0.4) is 0 Å². The summed E-state index contributed by atoms with van der Waals surface area (Å²) in [5.41, 5.74) is 0.609. The summed E-state index contributed by atoms with van der Waals surface area (Å²) in [6.45, 7) is 2.51. The molecule has 0 amide bonds. The van der Waals surface area contributed by atoms with Gasteiger partial charge in [-0.1, -0.05) is 18.6 Å². The Morgan fingerprint density at radius 1 is 0.955 bits per heavy atom. The minimum atomic E-state index is -3.31. The van der Waals surface area contributed by atoms with Gasteiger partial charge in [0, 0.05) is 12.8 Å². The van der Waals surface area contributed by atoms with E-state index in [2.05, 4.69) is 4.90 Å². The van der Waals surface area contributed by atoms with Crippen LogP contribution in [0.5, 0.6) is 0 Å². The highest BCUT2D eigenvalue weighted by atomic mass is 32.2. The van der Waals surface area contributed by atoms with E-state index >= 15 is 0 Å². The molecular formula is C15H23NO4S2. The van der Waals surface area contributed by atoms with Gasteiger partial charge in [-0.05, 0) is 43.6 Å². The predicted molar refractivity (Wildman–Crippen MR) is 87.3 cm³/mol. The second kappa shape index (κ2) is 7.10. The second-order valence-corrected chi connectivity index (χ2v) is 10.2. The lowest BCUT2D eigenvalue weighted by atomic mass is 10.1. The van der Waals surface area contributed by atoms with Crippen LogP contribution in [0.2, 0.25) is 0 Å². The molecule has 1 aromatic carbocycles. The van der Waals surface area contributed by atoms with Crippen LogP contribution in [0.25, 0.3) is 0 Å². The zero-order valence-electron chi connectivity index (χ0n) is 12.9. The smallest absolute Gasteiger partial charge is 0.179 e. The minimum absolute atomic E-state index is 0.0683. The number of benzene rings is 1. The third-order valence-corrected chi connectivity index (χ3v) is 6.40. The number of rotatable bonds is 6. The molecule has 5 nitrogen and oxygen atoms in total. The fourth-order valence-corrected chi connectivity index (χ4v) is 4.73. The van der Waals surface area contributed by atoms with Gasteiger partial charge in [0.05, 0.1) is 16.4 Å². The molecule has 2 rings (SSSR count). The highest BCUT2D eigenvalue weighted by molar-refractivity contribution is 7.91. The highest BCUT2D eigenvalue weighted by Gasteiger charge is 2.18. The number of piperidine rings is 1. The van der Waals surface area contributed by atoms with Crippen LogP contribution in [0.4, 0.5) is 0 Å². The van der Waals surface area contributed by atoms with Gasteiger partial charge >= 0.3 is 0 Å². The second-order valence-electron chi connectivity index (χ2n) is 5.94. The van der Waals surface area contributed by atoms with Crippen LogP contribution in [-0.4, -0.2) is 53.4 Å². The Morgan fingerprint density at radius 2 is 1.55 bits per heavy atom. The summed E-state index contributed by atoms with van der Waals surface area (Å²) in [5, 5.41) is 0. The van der Waals surface area contributed by atoms with Crippen molar-refractivity contribution in [3.63, 3.8) is 0 Å². The lowest BCUT2D eigenvalue weighted by Crippen LogP contribution is -2.33. The van der Waals surface area contributed by atoms with Gasteiger partial charge in [0.1, 0.15) is 0 Å². The molecular weight excluding hydrogens is 322 g/mol. The maximum Gasteiger partial charge on any atom is 0.179 e. The average molecular weight is 345 g/mol. The molecule has 0 aliphatic carbocycles. The van der Waals surface area contributed by atoms with Crippen LogP contribution < -0.4 is 0 Å². The van der Waals surface area contributed by atoms with Crippen LogP contribution >= 0.6 is 0 Å². The summed E-state index contributed by atoms with van der Waals surface area (Å²) in [6, 6.07) is 6.17. The Balaban J connectivity index is 1.99. The molecule has 1 aliphatic heterocycles. The maximum atomic E-state index is 12.3. The van der Waals surface area contributed by atoms with Gasteiger partial charge in [0.15, 0.2) is 19.7 Å². The van der Waals surface area contributed by atoms with Crippen molar-refractivity contribution in [1.82, 2.24) is 4.90 Å². The number of nitrogens with zero attached hydrogens (tertiary/aromatic N) is 1. The molecule has 1 heterocycles. The van der Waals surface area contributed by atoms with E-state index in [-0.39, 0.29) is 16.4 Å². The topological polar surface area (TPSA) is 71.5 Å². The van der Waals surface area contributed by atoms with Crippen molar-refractivity contribution < 1.29 is 16.8 Å². The maximum absolute atomic E-state index is 12.3. The first-order valence-corrected chi connectivity index (χ1v) is 11.2. The Hall–Kier alpha value is -0.920. The van der Waals surface area contributed by atoms with Gasteiger partial charge in [-0.3, -0.25) is 0 Å². The largest absolute Gasteiger partial charge is 0.302 e. The molecule has 0 spiro atoms. The fraction of sp³-hybridized carbons (Fsp3) is 0.600. The van der Waals surface area contributed by atoms with E-state index in [9.17, 15) is 16.8 Å². The molecule has 7 heteroatoms. The van der Waals surface area contributed by atoms with E-state index in [0.717, 1.165) is 32.2 Å². The molecule has 1 aromatic rings. The Kier molecular flexibility index (Phi) is 5.63. The van der Waals surface area contributed by atoms with E-state index in [4.69, 9.17) is 0 Å². The molecule has 0 radical (unpaired) electrons. The van der Waals surface area contributed by atoms with Gasteiger partial charge in [-0.25, -0.2) is 16.8 Å². The van der Waals surface area contributed by atoms with Crippen molar-refractivity contribution in [2.24, 2.45) is 0 Å². The fourth-order valence-electron chi connectivity index (χ4n) is 2.65. The summed E-state index contributed by atoms with van der Waals surface area (Å²) >= 11 is 0. The Labute approximate surface area is 133 Å². The first kappa shape index (κ1) is 17.4. The number of likely N-dealkylation sites (tertiary alicyclic amines) is 1. The van der Waals surface area contributed by atoms with Crippen LogP contribution in [-0.2, 0) is 25.4 Å². The number of hydrogen-bond acceptors (Lipinski definition) is 5. The number of sulfone groups is 2. The molecule has 22 heavy (non-hydrogen) atoms. The molecule has 0 unspecified atom stereocenters. The monoisotopic (exact) mass is 345 g/mol. The molecule has 1 aliphatic rings. The quantitative estimate of drug-likeness (QED) is 0.781. The van der Waals surface area contributed by atoms with Crippen molar-refractivity contribution in [3.05, 3.63) is 29.8 Å². The van der Waals surface area contributed by atoms with Crippen molar-refractivity contribution in [1.29, 1.82) is 0 Å². The van der Waals surface area contributed by atoms with Gasteiger partial charge < -0.3 is 4.90 Å². The first-order chi connectivity index (χ1) is 10.3. The van der Waals surface area contributed by atoms with Crippen LogP contribution in [0, 0.1) is 0 Å². The minimum Gasteiger partial charge on any atom is -0.302 e. The molecule has 124 valence electrons. The third kappa shape index (κ3) is 5.37. The van der Waals surface area contributed by atoms with E-state index in [0.29, 0.717) is 12.1 Å². The van der Waals surface area contributed by atoms with Crippen LogP contribution in [0.1, 0.15) is 24.8 Å². The van der Waals surface area contributed by atoms with E-state index < -0.39 is 19.7 Å². The van der Waals surface area contributed by atoms with Crippen molar-refractivity contribution >= 4 is 19.7 Å². The van der Waals surface area contributed by atoms with Gasteiger partial charge in [-0.15, -0.1) is 0 Å². The Morgan fingerprint density at radius 3 is 2.09 bits per heavy atom. The summed E-state index contributed by atoms with van der Waals surface area (Å²) < 4.78 is 47.1. The van der Waals surface area contributed by atoms with Crippen LogP contribution in [0.15, 0.2) is 29.2 Å². The van der Waals surface area contributed by atoms with Gasteiger partial charge in [-0.2, -0.15) is 0 Å². The molecule has 0 bridgehead atoms. The Bertz CT molecular complexity index is 688. The lowest BCUT2D eigenvalue weighted by Gasteiger charge is -2.26. The summed E-state index contributed by atoms with van der Waals surface area (Å²) in [6.07, 6.45) is 4.67. The van der Waals surface area contributed by atoms with Gasteiger partial charge in [0.2, 0.25) is 0 Å². The van der Waals surface area contributed by atoms with Crippen molar-refractivity contribution in [3.8, 4) is 0 Å². The number of hydrogen-bond donors (Lipinski definition) is 0. The van der Waals surface area contributed by atoms with Crippen molar-refractivity contribution in [2.75, 3.05) is 31.6 Å². The predicted octanol–water partition coefficient (Wildman–Crippen LogP) is 1.49. The highest BCUT2D eigenvalue weighted by Crippen LogP contribution is 2.15. The van der Waals surface area contributed by atoms with E-state index in [1.165, 1.54) is 18.6 Å². The first-order valence-electron chi connectivity index (χ1n) is 7.48. The van der Waals surface area contributed by atoms with Crippen molar-refractivity contribution in [2.45, 2.75) is 29.9 Å². The normalized spacial score (nSPS) is 17.5. The zero-order valence-corrected chi connectivity index (χ0v) is 14.5. The molecule has 0 atom stereocenters. The zero-order chi connectivity index (χ0) is 16.2. The molecule has 0 aromatic heterocycles. The lowest BCUT2D eigenvalue weighted by molar-refractivity contribution is 0.241. The molecule has 0 saturated carbocycles. The van der Waals surface area contributed by atoms with E-state index in [1.807, 2.05) is 0 Å². The molecule has 1 fully saturated rings. The summed E-state index contributed by atoms with van der Waals surface area (Å²) in [4.78, 5) is 2.46. The average Bonchev–Trinajstić information content (AvgIpc) is 2.45. The SMILES string of the molecule is CS(=O)(=O)Cc1ccc(S(=O)(=O)CCN2CCCCC2)cc1. The summed E-state index contributed by atoms with van der Waals surface area (Å²) in [5.74, 6) is 0.0412. The third-order valence-electron chi connectivity index (χ3n) is 3.84. The summed E-state index contributed by atoms with van der Waals surface area (Å²) in [7, 11) is -6.42. The molecule has 1 saturated heterocycles. The standard InChI is InChI=1S/C15H23NO4S2/c1-21(17,18)13-14-5-7-15(8-6-14)22(19,20)12-11-16-9-3-2-4-10-16/h5-8H,2-4,9-13H2,1H3. The van der Waals surface area contributed by atoms with Gasteiger partial charge in [0.25, 0.3) is 0 Å². The molecule has 0 N–H and O–H groups in total.